The highest BCUT2D eigenvalue weighted by Crippen LogP contribution is 2.26. The largest absolute Gasteiger partial charge is 0.435 e. The minimum Gasteiger partial charge on any atom is -0.435 e. The highest BCUT2D eigenvalue weighted by Gasteiger charge is 2.29. The van der Waals surface area contributed by atoms with Crippen molar-refractivity contribution in [3.05, 3.63) is 23.8 Å². The molecule has 0 bridgehead atoms. The Labute approximate surface area is 152 Å². The Balaban J connectivity index is 1.99. The summed E-state index contributed by atoms with van der Waals surface area (Å²) < 4.78 is 80.3. The van der Waals surface area contributed by atoms with Crippen molar-refractivity contribution in [3.63, 3.8) is 0 Å². The van der Waals surface area contributed by atoms with Gasteiger partial charge in [-0.1, -0.05) is 0 Å². The van der Waals surface area contributed by atoms with Crippen molar-refractivity contribution in [3.8, 4) is 11.5 Å². The van der Waals surface area contributed by atoms with Crippen LogP contribution >= 0.6 is 0 Å². The first kappa shape index (κ1) is 20.9. The molecule has 2 rings (SSSR count). The molecule has 1 aromatic rings. The summed E-state index contributed by atoms with van der Waals surface area (Å²) >= 11 is 0. The van der Waals surface area contributed by atoms with Gasteiger partial charge >= 0.3 is 13.2 Å². The number of hydrogen-bond acceptors (Lipinski definition) is 6. The Morgan fingerprint density at radius 2 is 1.96 bits per heavy atom. The van der Waals surface area contributed by atoms with Gasteiger partial charge in [-0.2, -0.15) is 22.7 Å². The van der Waals surface area contributed by atoms with E-state index in [2.05, 4.69) is 20.0 Å². The number of hydrogen-bond donors (Lipinski definition) is 1. The Kier molecular flexibility index (Phi) is 6.99. The fraction of sp³-hybridized carbons (Fsp3) is 0.467. The fourth-order valence-electron chi connectivity index (χ4n) is 2.51. The van der Waals surface area contributed by atoms with Crippen LogP contribution in [0.4, 0.5) is 17.6 Å². The highest BCUT2D eigenvalue weighted by molar-refractivity contribution is 7.91. The molecule has 1 amide bonds. The number of nitrogens with one attached hydrogen (secondary N) is 1. The van der Waals surface area contributed by atoms with E-state index in [4.69, 9.17) is 0 Å². The molecule has 7 nitrogen and oxygen atoms in total. The van der Waals surface area contributed by atoms with E-state index in [1.807, 2.05) is 0 Å². The van der Waals surface area contributed by atoms with Crippen LogP contribution in [0.25, 0.3) is 0 Å². The maximum atomic E-state index is 12.5. The second-order valence-corrected chi connectivity index (χ2v) is 7.95. The predicted molar refractivity (Wildman–Crippen MR) is 86.8 cm³/mol. The number of rotatable bonds is 8. The van der Waals surface area contributed by atoms with Gasteiger partial charge in [0.05, 0.1) is 17.7 Å². The van der Waals surface area contributed by atoms with Crippen molar-refractivity contribution < 1.29 is 40.2 Å². The zero-order valence-electron chi connectivity index (χ0n) is 13.8. The number of benzene rings is 1. The molecule has 0 unspecified atom stereocenters. The van der Waals surface area contributed by atoms with Gasteiger partial charge in [-0.3, -0.25) is 4.79 Å². The molecule has 1 fully saturated rings. The van der Waals surface area contributed by atoms with Crippen molar-refractivity contribution >= 4 is 22.0 Å². The molecule has 1 aliphatic rings. The van der Waals surface area contributed by atoms with Gasteiger partial charge < -0.3 is 9.47 Å². The van der Waals surface area contributed by atoms with E-state index in [-0.39, 0.29) is 35.2 Å². The summed E-state index contributed by atoms with van der Waals surface area (Å²) in [6.07, 6.45) is 1.34. The average molecular weight is 412 g/mol. The summed E-state index contributed by atoms with van der Waals surface area (Å²) in [5, 5.41) is 3.59. The number of sulfone groups is 1. The van der Waals surface area contributed by atoms with Gasteiger partial charge in [-0.25, -0.2) is 13.8 Å². The lowest BCUT2D eigenvalue weighted by Crippen LogP contribution is -2.21. The lowest BCUT2D eigenvalue weighted by atomic mass is 10.1. The summed E-state index contributed by atoms with van der Waals surface area (Å²) in [4.78, 5) is 11.8. The molecule has 0 aliphatic carbocycles. The Morgan fingerprint density at radius 1 is 1.26 bits per heavy atom. The van der Waals surface area contributed by atoms with E-state index in [1.54, 1.807) is 0 Å². The highest BCUT2D eigenvalue weighted by atomic mass is 32.2. The van der Waals surface area contributed by atoms with Gasteiger partial charge in [-0.15, -0.1) is 0 Å². The van der Waals surface area contributed by atoms with Crippen LogP contribution in [0.1, 0.15) is 18.4 Å². The fourth-order valence-corrected chi connectivity index (χ4v) is 4.37. The van der Waals surface area contributed by atoms with E-state index < -0.39 is 34.7 Å². The predicted octanol–water partition coefficient (Wildman–Crippen LogP) is 2.16. The number of halogens is 4. The number of hydrazone groups is 1. The molecule has 27 heavy (non-hydrogen) atoms. The molecule has 1 aliphatic heterocycles. The Morgan fingerprint density at radius 3 is 2.56 bits per heavy atom. The molecule has 0 saturated carbocycles. The maximum Gasteiger partial charge on any atom is 0.387 e. The summed E-state index contributed by atoms with van der Waals surface area (Å²) in [6.45, 7) is -6.35. The minimum absolute atomic E-state index is 0.0133. The molecular formula is C15H16F4N2O5S. The topological polar surface area (TPSA) is 94.1 Å². The SMILES string of the molecule is O=C(C[C@@H]1CCS(=O)(=O)C1)N/N=C\c1ccc(OC(F)F)cc1OC(F)F. The zero-order chi connectivity index (χ0) is 20.0. The minimum atomic E-state index is -3.21. The van der Waals surface area contributed by atoms with Crippen molar-refractivity contribution in [2.75, 3.05) is 11.5 Å². The van der Waals surface area contributed by atoms with Crippen LogP contribution in [-0.4, -0.2) is 45.3 Å². The van der Waals surface area contributed by atoms with Crippen molar-refractivity contribution in [1.29, 1.82) is 0 Å². The monoisotopic (exact) mass is 412 g/mol. The smallest absolute Gasteiger partial charge is 0.387 e. The first-order valence-electron chi connectivity index (χ1n) is 7.70. The van der Waals surface area contributed by atoms with Gasteiger partial charge in [0.2, 0.25) is 5.91 Å². The van der Waals surface area contributed by atoms with E-state index in [1.165, 1.54) is 0 Å². The molecule has 0 radical (unpaired) electrons. The average Bonchev–Trinajstić information content (AvgIpc) is 2.87. The lowest BCUT2D eigenvalue weighted by molar-refractivity contribution is -0.121. The van der Waals surface area contributed by atoms with E-state index in [0.717, 1.165) is 24.4 Å². The van der Waals surface area contributed by atoms with E-state index in [0.29, 0.717) is 6.42 Å². The molecular weight excluding hydrogens is 396 g/mol. The Bertz CT molecular complexity index is 801. The molecule has 0 spiro atoms. The third-order valence-electron chi connectivity index (χ3n) is 3.62. The summed E-state index contributed by atoms with van der Waals surface area (Å²) in [5.74, 6) is -1.72. The first-order valence-corrected chi connectivity index (χ1v) is 9.53. The normalized spacial score (nSPS) is 19.0. The summed E-state index contributed by atoms with van der Waals surface area (Å²) in [6, 6.07) is 3.08. The zero-order valence-corrected chi connectivity index (χ0v) is 14.6. The van der Waals surface area contributed by atoms with Crippen molar-refractivity contribution in [2.45, 2.75) is 26.1 Å². The standard InChI is InChI=1S/C15H16F4N2O5S/c16-14(17)25-11-2-1-10(12(6-11)26-15(18)19)7-20-21-13(22)5-9-3-4-27(23,24)8-9/h1-2,6-7,9,14-15H,3-5,8H2,(H,21,22)/b20-7-/t9-/m0/s1. The van der Waals surface area contributed by atoms with Crippen molar-refractivity contribution in [2.24, 2.45) is 11.0 Å². The van der Waals surface area contributed by atoms with Crippen LogP contribution in [0.3, 0.4) is 0 Å². The van der Waals surface area contributed by atoms with Crippen LogP contribution in [0.15, 0.2) is 23.3 Å². The molecule has 1 N–H and O–H groups in total. The third-order valence-corrected chi connectivity index (χ3v) is 5.46. The van der Waals surface area contributed by atoms with E-state index >= 15 is 0 Å². The van der Waals surface area contributed by atoms with Crippen LogP contribution in [0.5, 0.6) is 11.5 Å². The number of carbonyl (C=O) groups is 1. The maximum absolute atomic E-state index is 12.5. The molecule has 1 saturated heterocycles. The van der Waals surface area contributed by atoms with Gasteiger partial charge in [-0.05, 0) is 24.5 Å². The van der Waals surface area contributed by atoms with Crippen LogP contribution < -0.4 is 14.9 Å². The number of amides is 1. The van der Waals surface area contributed by atoms with Crippen LogP contribution in [-0.2, 0) is 14.6 Å². The Hall–Kier alpha value is -2.37. The molecule has 1 atom stereocenters. The lowest BCUT2D eigenvalue weighted by Gasteiger charge is -2.11. The summed E-state index contributed by atoms with van der Waals surface area (Å²) in [7, 11) is -3.11. The number of nitrogens with zero attached hydrogens (tertiary/aromatic N) is 1. The second kappa shape index (κ2) is 9.02. The van der Waals surface area contributed by atoms with Gasteiger partial charge in [0.1, 0.15) is 11.5 Å². The molecule has 0 aromatic heterocycles. The quantitative estimate of drug-likeness (QED) is 0.401. The molecule has 1 aromatic carbocycles. The van der Waals surface area contributed by atoms with E-state index in [9.17, 15) is 30.8 Å². The molecule has 1 heterocycles. The number of alkyl halides is 4. The van der Waals surface area contributed by atoms with Gasteiger partial charge in [0.15, 0.2) is 9.84 Å². The van der Waals surface area contributed by atoms with Crippen LogP contribution in [0.2, 0.25) is 0 Å². The number of ether oxygens (including phenoxy) is 2. The molecule has 12 heteroatoms. The molecule has 150 valence electrons. The van der Waals surface area contributed by atoms with Crippen molar-refractivity contribution in [1.82, 2.24) is 5.43 Å². The summed E-state index contributed by atoms with van der Waals surface area (Å²) in [5.41, 5.74) is 2.14. The first-order chi connectivity index (χ1) is 12.6. The van der Waals surface area contributed by atoms with Crippen LogP contribution in [0, 0.1) is 5.92 Å². The second-order valence-electron chi connectivity index (χ2n) is 5.72. The van der Waals surface area contributed by atoms with Gasteiger partial charge in [0.25, 0.3) is 0 Å². The third kappa shape index (κ3) is 7.04. The van der Waals surface area contributed by atoms with Gasteiger partial charge in [0, 0.05) is 18.1 Å². The number of carbonyl (C=O) groups excluding carboxylic acids is 1.